The van der Waals surface area contributed by atoms with E-state index < -0.39 is 0 Å². The Morgan fingerprint density at radius 1 is 1.34 bits per heavy atom. The highest BCUT2D eigenvalue weighted by atomic mass is 32.1. The van der Waals surface area contributed by atoms with Crippen molar-refractivity contribution >= 4 is 32.7 Å². The molecule has 1 aromatic carbocycles. The predicted molar refractivity (Wildman–Crippen MR) is 107 cm³/mol. The fourth-order valence-electron chi connectivity index (χ4n) is 3.64. The van der Waals surface area contributed by atoms with Crippen molar-refractivity contribution < 1.29 is 14.3 Å². The Morgan fingerprint density at radius 2 is 2.24 bits per heavy atom. The molecule has 5 rings (SSSR count). The average molecular weight is 413 g/mol. The molecule has 0 spiro atoms. The average Bonchev–Trinajstić information content (AvgIpc) is 3.39. The summed E-state index contributed by atoms with van der Waals surface area (Å²) in [6.45, 7) is 2.05. The van der Waals surface area contributed by atoms with Gasteiger partial charge in [0.1, 0.15) is 4.70 Å². The molecule has 1 saturated heterocycles. The Balaban J connectivity index is 1.24. The summed E-state index contributed by atoms with van der Waals surface area (Å²) in [5.74, 6) is 1.33. The molecular formula is C19H19N5O4S. The van der Waals surface area contributed by atoms with Gasteiger partial charge in [0.05, 0.1) is 12.2 Å². The van der Waals surface area contributed by atoms with Crippen LogP contribution in [0.3, 0.4) is 0 Å². The molecule has 150 valence electrons. The fourth-order valence-corrected chi connectivity index (χ4v) is 4.59. The van der Waals surface area contributed by atoms with E-state index in [2.05, 4.69) is 25.2 Å². The summed E-state index contributed by atoms with van der Waals surface area (Å²) in [5.41, 5.74) is 1.23. The quantitative estimate of drug-likeness (QED) is 0.669. The number of nitrogens with one attached hydrogen (secondary N) is 2. The van der Waals surface area contributed by atoms with Gasteiger partial charge in [-0.15, -0.1) is 0 Å². The highest BCUT2D eigenvalue weighted by Gasteiger charge is 2.28. The van der Waals surface area contributed by atoms with Gasteiger partial charge in [0.2, 0.25) is 12.7 Å². The van der Waals surface area contributed by atoms with E-state index in [-0.39, 0.29) is 24.2 Å². The second kappa shape index (κ2) is 7.36. The molecule has 1 amide bonds. The molecule has 1 atom stereocenters. The van der Waals surface area contributed by atoms with Gasteiger partial charge in [0.15, 0.2) is 22.3 Å². The zero-order chi connectivity index (χ0) is 19.8. The Bertz CT molecular complexity index is 1130. The first-order valence-corrected chi connectivity index (χ1v) is 10.2. The number of hydrogen-bond acceptors (Lipinski definition) is 8. The lowest BCUT2D eigenvalue weighted by molar-refractivity contribution is -0.125. The van der Waals surface area contributed by atoms with Crippen LogP contribution in [0.1, 0.15) is 18.4 Å². The minimum absolute atomic E-state index is 0.0180. The van der Waals surface area contributed by atoms with Gasteiger partial charge in [-0.1, -0.05) is 17.4 Å². The molecule has 0 saturated carbocycles. The Labute approximate surface area is 169 Å². The lowest BCUT2D eigenvalue weighted by Gasteiger charge is -2.31. The van der Waals surface area contributed by atoms with Crippen LogP contribution >= 0.6 is 11.3 Å². The summed E-state index contributed by atoms with van der Waals surface area (Å²) in [7, 11) is 0. The number of amides is 1. The van der Waals surface area contributed by atoms with Gasteiger partial charge >= 0.3 is 0 Å². The first kappa shape index (κ1) is 17.9. The van der Waals surface area contributed by atoms with Gasteiger partial charge in [0, 0.05) is 19.6 Å². The summed E-state index contributed by atoms with van der Waals surface area (Å²) < 4.78 is 11.2. The number of thiazole rings is 1. The second-order valence-electron chi connectivity index (χ2n) is 7.07. The van der Waals surface area contributed by atoms with Crippen LogP contribution in [-0.2, 0) is 11.3 Å². The highest BCUT2D eigenvalue weighted by molar-refractivity contribution is 7.22. The van der Waals surface area contributed by atoms with Crippen LogP contribution in [0, 0.1) is 5.92 Å². The molecule has 2 N–H and O–H groups in total. The smallest absolute Gasteiger partial charge is 0.270 e. The van der Waals surface area contributed by atoms with Gasteiger partial charge in [-0.2, -0.15) is 4.98 Å². The number of piperidine rings is 1. The van der Waals surface area contributed by atoms with Crippen LogP contribution in [0.2, 0.25) is 0 Å². The molecule has 10 heteroatoms. The Morgan fingerprint density at radius 3 is 3.14 bits per heavy atom. The summed E-state index contributed by atoms with van der Waals surface area (Å²) in [6.07, 6.45) is 3.08. The van der Waals surface area contributed by atoms with Crippen LogP contribution in [0.4, 0.5) is 5.13 Å². The number of nitrogens with zero attached hydrogens (tertiary/aromatic N) is 3. The van der Waals surface area contributed by atoms with Crippen molar-refractivity contribution in [2.24, 2.45) is 5.92 Å². The molecule has 0 bridgehead atoms. The number of ether oxygens (including phenoxy) is 2. The standard InChI is InChI=1S/C19H19N5O4S/c25-17(20-7-11-3-4-13-14(6-11)28-10-27-13)12-2-1-5-24(8-12)19-23-16-15(29-19)18(26)22-9-21-16/h3-4,6,9,12H,1-2,5,7-8,10H2,(H,20,25)(H,21,22,26)/t12-/m0/s1. The molecule has 0 aliphatic carbocycles. The number of rotatable bonds is 4. The van der Waals surface area contributed by atoms with Gasteiger partial charge in [-0.05, 0) is 30.5 Å². The van der Waals surface area contributed by atoms with Crippen molar-refractivity contribution in [1.29, 1.82) is 0 Å². The maximum Gasteiger partial charge on any atom is 0.270 e. The molecular weight excluding hydrogens is 394 g/mol. The maximum absolute atomic E-state index is 12.7. The number of benzene rings is 1. The van der Waals surface area contributed by atoms with E-state index in [0.717, 1.165) is 35.8 Å². The molecule has 2 aliphatic heterocycles. The molecule has 2 aliphatic rings. The normalized spacial score (nSPS) is 18.2. The number of carbonyl (C=O) groups excluding carboxylic acids is 1. The molecule has 0 radical (unpaired) electrons. The van der Waals surface area contributed by atoms with Crippen LogP contribution < -0.4 is 25.2 Å². The molecule has 0 unspecified atom stereocenters. The number of H-pyrrole nitrogens is 1. The van der Waals surface area contributed by atoms with Crippen molar-refractivity contribution in [3.8, 4) is 11.5 Å². The van der Waals surface area contributed by atoms with Crippen LogP contribution in [0.25, 0.3) is 10.3 Å². The van der Waals surface area contributed by atoms with E-state index in [0.29, 0.717) is 29.2 Å². The first-order chi connectivity index (χ1) is 14.2. The SMILES string of the molecule is O=C(NCc1ccc2c(c1)OCO2)[C@H]1CCCN(c2nc3nc[nH]c(=O)c3s2)C1. The van der Waals surface area contributed by atoms with E-state index in [1.165, 1.54) is 17.7 Å². The van der Waals surface area contributed by atoms with E-state index in [1.54, 1.807) is 0 Å². The number of anilines is 1. The second-order valence-corrected chi connectivity index (χ2v) is 8.05. The molecule has 9 nitrogen and oxygen atoms in total. The Kier molecular flexibility index (Phi) is 4.55. The number of fused-ring (bicyclic) bond motifs is 2. The minimum Gasteiger partial charge on any atom is -0.454 e. The number of aromatic amines is 1. The summed E-state index contributed by atoms with van der Waals surface area (Å²) >= 11 is 1.32. The predicted octanol–water partition coefficient (Wildman–Crippen LogP) is 1.64. The van der Waals surface area contributed by atoms with E-state index in [9.17, 15) is 9.59 Å². The fraction of sp³-hybridized carbons (Fsp3) is 0.368. The number of aromatic nitrogens is 3. The van der Waals surface area contributed by atoms with Crippen molar-refractivity contribution in [3.63, 3.8) is 0 Å². The third kappa shape index (κ3) is 3.51. The van der Waals surface area contributed by atoms with Crippen LogP contribution in [0.15, 0.2) is 29.3 Å². The monoisotopic (exact) mass is 413 g/mol. The summed E-state index contributed by atoms with van der Waals surface area (Å²) in [4.78, 5) is 37.9. The van der Waals surface area contributed by atoms with Crippen molar-refractivity contribution in [2.75, 3.05) is 24.8 Å². The van der Waals surface area contributed by atoms with Gasteiger partial charge in [0.25, 0.3) is 5.56 Å². The van der Waals surface area contributed by atoms with Crippen molar-refractivity contribution in [2.45, 2.75) is 19.4 Å². The van der Waals surface area contributed by atoms with Crippen LogP contribution in [-0.4, -0.2) is 40.7 Å². The van der Waals surface area contributed by atoms with Crippen LogP contribution in [0.5, 0.6) is 11.5 Å². The van der Waals surface area contributed by atoms with Crippen molar-refractivity contribution in [1.82, 2.24) is 20.3 Å². The molecule has 29 heavy (non-hydrogen) atoms. The number of carbonyl (C=O) groups is 1. The minimum atomic E-state index is -0.186. The first-order valence-electron chi connectivity index (χ1n) is 9.43. The van der Waals surface area contributed by atoms with Crippen molar-refractivity contribution in [3.05, 3.63) is 40.4 Å². The molecule has 3 aromatic rings. The largest absolute Gasteiger partial charge is 0.454 e. The third-order valence-electron chi connectivity index (χ3n) is 5.15. The Hall–Kier alpha value is -3.14. The maximum atomic E-state index is 12.7. The molecule has 2 aromatic heterocycles. The highest BCUT2D eigenvalue weighted by Crippen LogP contribution is 2.32. The summed E-state index contributed by atoms with van der Waals surface area (Å²) in [6, 6.07) is 5.67. The van der Waals surface area contributed by atoms with E-state index >= 15 is 0 Å². The lowest BCUT2D eigenvalue weighted by Crippen LogP contribution is -2.42. The van der Waals surface area contributed by atoms with E-state index in [1.807, 2.05) is 18.2 Å². The molecule has 1 fully saturated rings. The zero-order valence-corrected chi connectivity index (χ0v) is 16.3. The van der Waals surface area contributed by atoms with E-state index in [4.69, 9.17) is 9.47 Å². The summed E-state index contributed by atoms with van der Waals surface area (Å²) in [5, 5.41) is 3.76. The number of hydrogen-bond donors (Lipinski definition) is 2. The lowest BCUT2D eigenvalue weighted by atomic mass is 9.97. The topological polar surface area (TPSA) is 109 Å². The zero-order valence-electron chi connectivity index (χ0n) is 15.5. The molecule has 4 heterocycles. The third-order valence-corrected chi connectivity index (χ3v) is 6.26. The van der Waals surface area contributed by atoms with Gasteiger partial charge in [-0.3, -0.25) is 9.59 Å². The van der Waals surface area contributed by atoms with Gasteiger partial charge in [-0.25, -0.2) is 4.98 Å². The van der Waals surface area contributed by atoms with Gasteiger partial charge < -0.3 is 24.7 Å².